The second-order valence-corrected chi connectivity index (χ2v) is 3.34. The van der Waals surface area contributed by atoms with E-state index in [-0.39, 0.29) is 5.56 Å². The second kappa shape index (κ2) is 5.64. The molecule has 0 aromatic heterocycles. The van der Waals surface area contributed by atoms with Crippen LogP contribution in [-0.2, 0) is 9.59 Å². The van der Waals surface area contributed by atoms with Crippen LogP contribution < -0.4 is 5.32 Å². The fourth-order valence-corrected chi connectivity index (χ4v) is 1.29. The first-order valence-corrected chi connectivity index (χ1v) is 4.80. The zero-order chi connectivity index (χ0) is 12.8. The molecule has 0 amide bonds. The number of carbonyl (C=O) groups is 3. The van der Waals surface area contributed by atoms with E-state index in [2.05, 4.69) is 5.32 Å². The first-order valence-electron chi connectivity index (χ1n) is 4.80. The number of hydrogen-bond acceptors (Lipinski definition) is 4. The highest BCUT2D eigenvalue weighted by atomic mass is 16.4. The highest BCUT2D eigenvalue weighted by Crippen LogP contribution is 2.15. The quantitative estimate of drug-likeness (QED) is 0.633. The maximum absolute atomic E-state index is 10.8. The topological polar surface area (TPSA) is 104 Å². The molecule has 1 rings (SSSR count). The molecule has 1 aromatic carbocycles. The minimum atomic E-state index is -1.28. The zero-order valence-corrected chi connectivity index (χ0v) is 8.79. The van der Waals surface area contributed by atoms with Gasteiger partial charge in [0.15, 0.2) is 6.29 Å². The van der Waals surface area contributed by atoms with Crippen LogP contribution in [0.2, 0.25) is 0 Å². The van der Waals surface area contributed by atoms with Crippen molar-refractivity contribution in [3.63, 3.8) is 0 Å². The number of benzene rings is 1. The molecule has 0 bridgehead atoms. The number of hydrogen-bond donors (Lipinski definition) is 3. The summed E-state index contributed by atoms with van der Waals surface area (Å²) in [7, 11) is 0. The lowest BCUT2D eigenvalue weighted by Crippen LogP contribution is -2.32. The summed E-state index contributed by atoms with van der Waals surface area (Å²) in [5.74, 6) is -2.51. The van der Waals surface area contributed by atoms with Crippen LogP contribution in [0.3, 0.4) is 0 Å². The Morgan fingerprint density at radius 3 is 2.47 bits per heavy atom. The Hall–Kier alpha value is -2.37. The van der Waals surface area contributed by atoms with Crippen molar-refractivity contribution in [1.82, 2.24) is 0 Å². The van der Waals surface area contributed by atoms with Gasteiger partial charge in [0.2, 0.25) is 0 Å². The number of rotatable bonds is 6. The lowest BCUT2D eigenvalue weighted by Gasteiger charge is -2.14. The molecule has 0 aliphatic rings. The molecule has 17 heavy (non-hydrogen) atoms. The van der Waals surface area contributed by atoms with Gasteiger partial charge in [-0.15, -0.1) is 0 Å². The number of anilines is 1. The SMILES string of the molecule is O=Cc1ccccc1N[C@@H](CC(=O)O)C(=O)O. The van der Waals surface area contributed by atoms with Crippen LogP contribution in [0, 0.1) is 0 Å². The summed E-state index contributed by atoms with van der Waals surface area (Å²) in [5.41, 5.74) is 0.584. The van der Waals surface area contributed by atoms with Gasteiger partial charge in [-0.05, 0) is 12.1 Å². The summed E-state index contributed by atoms with van der Waals surface area (Å²) < 4.78 is 0. The highest BCUT2D eigenvalue weighted by Gasteiger charge is 2.21. The average molecular weight is 237 g/mol. The van der Waals surface area contributed by atoms with Crippen molar-refractivity contribution in [1.29, 1.82) is 0 Å². The van der Waals surface area contributed by atoms with E-state index in [1.807, 2.05) is 0 Å². The van der Waals surface area contributed by atoms with Gasteiger partial charge in [0.1, 0.15) is 6.04 Å². The van der Waals surface area contributed by atoms with Gasteiger partial charge in [-0.2, -0.15) is 0 Å². The van der Waals surface area contributed by atoms with E-state index in [0.717, 1.165) is 0 Å². The lowest BCUT2D eigenvalue weighted by molar-refractivity contribution is -0.144. The average Bonchev–Trinajstić information content (AvgIpc) is 2.28. The van der Waals surface area contributed by atoms with Crippen LogP contribution in [0.5, 0.6) is 0 Å². The minimum absolute atomic E-state index is 0.282. The Kier molecular flexibility index (Phi) is 4.21. The molecule has 0 unspecified atom stereocenters. The third-order valence-electron chi connectivity index (χ3n) is 2.09. The summed E-state index contributed by atoms with van der Waals surface area (Å²) in [5, 5.41) is 19.9. The van der Waals surface area contributed by atoms with E-state index in [1.54, 1.807) is 12.1 Å². The summed E-state index contributed by atoms with van der Waals surface area (Å²) in [4.78, 5) is 32.0. The number of nitrogens with one attached hydrogen (secondary N) is 1. The second-order valence-electron chi connectivity index (χ2n) is 3.34. The van der Waals surface area contributed by atoms with E-state index < -0.39 is 24.4 Å². The van der Waals surface area contributed by atoms with Crippen molar-refractivity contribution in [2.75, 3.05) is 5.32 Å². The Morgan fingerprint density at radius 2 is 1.94 bits per heavy atom. The van der Waals surface area contributed by atoms with Gasteiger partial charge >= 0.3 is 11.9 Å². The van der Waals surface area contributed by atoms with Crippen molar-refractivity contribution >= 4 is 23.9 Å². The van der Waals surface area contributed by atoms with Gasteiger partial charge in [0, 0.05) is 11.3 Å². The Labute approximate surface area is 96.9 Å². The molecule has 1 atom stereocenters. The standard InChI is InChI=1S/C11H11NO5/c13-6-7-3-1-2-4-8(7)12-9(11(16)17)5-10(14)15/h1-4,6,9,12H,5H2,(H,14,15)(H,16,17)/t9-/m0/s1. The van der Waals surface area contributed by atoms with Gasteiger partial charge in [0.25, 0.3) is 0 Å². The molecular weight excluding hydrogens is 226 g/mol. The molecule has 6 heteroatoms. The van der Waals surface area contributed by atoms with Crippen molar-refractivity contribution in [2.45, 2.75) is 12.5 Å². The fourth-order valence-electron chi connectivity index (χ4n) is 1.29. The molecule has 0 aliphatic carbocycles. The highest BCUT2D eigenvalue weighted by molar-refractivity contribution is 5.88. The van der Waals surface area contributed by atoms with Gasteiger partial charge in [-0.25, -0.2) is 4.79 Å². The van der Waals surface area contributed by atoms with Crippen molar-refractivity contribution < 1.29 is 24.6 Å². The lowest BCUT2D eigenvalue weighted by atomic mass is 10.1. The number of carboxylic acid groups (broad SMARTS) is 2. The van der Waals surface area contributed by atoms with E-state index in [1.165, 1.54) is 12.1 Å². The fraction of sp³-hybridized carbons (Fsp3) is 0.182. The molecule has 0 radical (unpaired) electrons. The van der Waals surface area contributed by atoms with Crippen molar-refractivity contribution in [3.8, 4) is 0 Å². The maximum Gasteiger partial charge on any atom is 0.326 e. The van der Waals surface area contributed by atoms with Crippen LogP contribution in [0.15, 0.2) is 24.3 Å². The number of para-hydroxylation sites is 1. The molecular formula is C11H11NO5. The summed E-state index contributed by atoms with van der Waals surface area (Å²) in [6.07, 6.45) is 0.00450. The van der Waals surface area contributed by atoms with E-state index in [9.17, 15) is 14.4 Å². The number of aldehydes is 1. The molecule has 90 valence electrons. The summed E-state index contributed by atoms with van der Waals surface area (Å²) in [6.45, 7) is 0. The van der Waals surface area contributed by atoms with Crippen LogP contribution in [-0.4, -0.2) is 34.5 Å². The van der Waals surface area contributed by atoms with Crippen LogP contribution >= 0.6 is 0 Å². The van der Waals surface area contributed by atoms with E-state index in [0.29, 0.717) is 12.0 Å². The zero-order valence-electron chi connectivity index (χ0n) is 8.79. The molecule has 3 N–H and O–H groups in total. The molecule has 6 nitrogen and oxygen atoms in total. The smallest absolute Gasteiger partial charge is 0.326 e. The minimum Gasteiger partial charge on any atom is -0.481 e. The van der Waals surface area contributed by atoms with Gasteiger partial charge in [-0.1, -0.05) is 12.1 Å². The number of carbonyl (C=O) groups excluding carboxylic acids is 1. The largest absolute Gasteiger partial charge is 0.481 e. The van der Waals surface area contributed by atoms with Gasteiger partial charge in [-0.3, -0.25) is 9.59 Å². The number of carboxylic acids is 2. The van der Waals surface area contributed by atoms with Crippen LogP contribution in [0.25, 0.3) is 0 Å². The summed E-state index contributed by atoms with van der Waals surface area (Å²) in [6, 6.07) is 5.00. The molecule has 0 saturated carbocycles. The third kappa shape index (κ3) is 3.60. The predicted molar refractivity (Wildman–Crippen MR) is 59.1 cm³/mol. The molecule has 1 aromatic rings. The Morgan fingerprint density at radius 1 is 1.29 bits per heavy atom. The van der Waals surface area contributed by atoms with Crippen molar-refractivity contribution in [3.05, 3.63) is 29.8 Å². The first kappa shape index (κ1) is 12.7. The molecule has 0 saturated heterocycles. The van der Waals surface area contributed by atoms with Gasteiger partial charge < -0.3 is 15.5 Å². The Bertz CT molecular complexity index is 443. The molecule has 0 spiro atoms. The van der Waals surface area contributed by atoms with Crippen molar-refractivity contribution in [2.24, 2.45) is 0 Å². The predicted octanol–water partition coefficient (Wildman–Crippen LogP) is 0.839. The van der Waals surface area contributed by atoms with E-state index >= 15 is 0 Å². The Balaban J connectivity index is 2.89. The van der Waals surface area contributed by atoms with Crippen LogP contribution in [0.4, 0.5) is 5.69 Å². The monoisotopic (exact) mass is 237 g/mol. The molecule has 0 aliphatic heterocycles. The third-order valence-corrected chi connectivity index (χ3v) is 2.09. The van der Waals surface area contributed by atoms with E-state index in [4.69, 9.17) is 10.2 Å². The first-order chi connectivity index (χ1) is 8.04. The van der Waals surface area contributed by atoms with Crippen LogP contribution in [0.1, 0.15) is 16.8 Å². The maximum atomic E-state index is 10.8. The molecule has 0 heterocycles. The number of aliphatic carboxylic acids is 2. The summed E-state index contributed by atoms with van der Waals surface area (Å²) >= 11 is 0. The normalized spacial score (nSPS) is 11.5. The molecule has 0 fully saturated rings. The van der Waals surface area contributed by atoms with Gasteiger partial charge in [0.05, 0.1) is 6.42 Å².